The number of ether oxygens (including phenoxy) is 1. The van der Waals surface area contributed by atoms with Gasteiger partial charge in [0, 0.05) is 48.2 Å². The lowest BCUT2D eigenvalue weighted by Crippen LogP contribution is -2.41. The molecule has 4 heterocycles. The summed E-state index contributed by atoms with van der Waals surface area (Å²) in [6.07, 6.45) is 4.02. The van der Waals surface area contributed by atoms with Crippen LogP contribution in [0, 0.1) is 5.82 Å². The van der Waals surface area contributed by atoms with Crippen LogP contribution in [0.25, 0.3) is 11.3 Å². The Morgan fingerprint density at radius 2 is 2.10 bits per heavy atom. The predicted octanol–water partition coefficient (Wildman–Crippen LogP) is 4.06. The average molecular weight is 415 g/mol. The molecule has 1 fully saturated rings. The summed E-state index contributed by atoms with van der Waals surface area (Å²) >= 11 is 6.75. The number of hydrogen-bond donors (Lipinski definition) is 1. The second-order valence-corrected chi connectivity index (χ2v) is 7.68. The first-order chi connectivity index (χ1) is 14.1. The van der Waals surface area contributed by atoms with Crippen molar-refractivity contribution in [2.75, 3.05) is 30.0 Å². The van der Waals surface area contributed by atoms with Gasteiger partial charge in [0.1, 0.15) is 18.2 Å². The predicted molar refractivity (Wildman–Crippen MR) is 110 cm³/mol. The highest BCUT2D eigenvalue weighted by atomic mass is 35.5. The van der Waals surface area contributed by atoms with Crippen LogP contribution in [-0.2, 0) is 16.1 Å². The Morgan fingerprint density at radius 3 is 2.86 bits per heavy atom. The largest absolute Gasteiger partial charge is 0.487 e. The maximum Gasteiger partial charge on any atom is 0.260 e. The molecule has 0 aliphatic carbocycles. The fraction of sp³-hybridized carbons (Fsp3) is 0.333. The Balaban J connectivity index is 1.60. The molecule has 1 N–H and O–H groups in total. The van der Waals surface area contributed by atoms with E-state index >= 15 is 0 Å². The van der Waals surface area contributed by atoms with E-state index in [4.69, 9.17) is 16.3 Å². The van der Waals surface area contributed by atoms with Crippen LogP contribution in [0.4, 0.5) is 15.9 Å². The maximum atomic E-state index is 13.8. The summed E-state index contributed by atoms with van der Waals surface area (Å²) in [5.74, 6) is 0.368. The highest BCUT2D eigenvalue weighted by molar-refractivity contribution is 6.37. The molecular weight excluding hydrogens is 395 g/mol. The molecule has 0 radical (unpaired) electrons. The lowest BCUT2D eigenvalue weighted by Gasteiger charge is -2.32. The number of nitrogens with one attached hydrogen (secondary N) is 1. The molecule has 0 bridgehead atoms. The fourth-order valence-electron chi connectivity index (χ4n) is 4.25. The van der Waals surface area contributed by atoms with Crippen molar-refractivity contribution in [1.29, 1.82) is 0 Å². The summed E-state index contributed by atoms with van der Waals surface area (Å²) in [4.78, 5) is 17.2. The minimum Gasteiger partial charge on any atom is -0.487 e. The molecular formula is C21H20ClFN4O2. The van der Waals surface area contributed by atoms with E-state index in [0.717, 1.165) is 38.0 Å². The molecule has 0 unspecified atom stereocenters. The van der Waals surface area contributed by atoms with E-state index in [9.17, 15) is 9.18 Å². The number of hydrazine groups is 1. The van der Waals surface area contributed by atoms with Gasteiger partial charge in [0.05, 0.1) is 10.6 Å². The first-order valence-corrected chi connectivity index (χ1v) is 10.1. The van der Waals surface area contributed by atoms with E-state index in [1.807, 2.05) is 0 Å². The van der Waals surface area contributed by atoms with E-state index in [0.29, 0.717) is 39.0 Å². The molecule has 2 aromatic rings. The number of pyridine rings is 1. The number of halogens is 2. The molecule has 29 heavy (non-hydrogen) atoms. The molecule has 1 aromatic heterocycles. The van der Waals surface area contributed by atoms with Gasteiger partial charge in [0.25, 0.3) is 5.91 Å². The SMILES string of the molecule is CCN(c1ncc2c(c1Cl)COC2=C1C(=O)Nc2ccc(F)cc21)N1CCCC1. The summed E-state index contributed by atoms with van der Waals surface area (Å²) in [6, 6.07) is 4.21. The van der Waals surface area contributed by atoms with Crippen molar-refractivity contribution in [3.63, 3.8) is 0 Å². The van der Waals surface area contributed by atoms with Crippen molar-refractivity contribution in [1.82, 2.24) is 9.99 Å². The van der Waals surface area contributed by atoms with Crippen molar-refractivity contribution in [2.45, 2.75) is 26.4 Å². The first kappa shape index (κ1) is 18.4. The number of aromatic nitrogens is 1. The van der Waals surface area contributed by atoms with Gasteiger partial charge in [-0.05, 0) is 38.0 Å². The number of hydrogen-bond acceptors (Lipinski definition) is 5. The number of carbonyl (C=O) groups excluding carboxylic acids is 1. The third-order valence-corrected chi connectivity index (χ3v) is 6.03. The van der Waals surface area contributed by atoms with Crippen molar-refractivity contribution in [2.24, 2.45) is 0 Å². The van der Waals surface area contributed by atoms with Crippen LogP contribution in [0.15, 0.2) is 24.4 Å². The van der Waals surface area contributed by atoms with Crippen molar-refractivity contribution in [3.8, 4) is 0 Å². The maximum absolute atomic E-state index is 13.8. The van der Waals surface area contributed by atoms with Gasteiger partial charge in [-0.1, -0.05) is 11.6 Å². The third-order valence-electron chi connectivity index (χ3n) is 5.63. The number of benzene rings is 1. The van der Waals surface area contributed by atoms with Crippen LogP contribution in [0.1, 0.15) is 36.5 Å². The van der Waals surface area contributed by atoms with Gasteiger partial charge in [-0.2, -0.15) is 0 Å². The summed E-state index contributed by atoms with van der Waals surface area (Å²) < 4.78 is 19.7. The summed E-state index contributed by atoms with van der Waals surface area (Å²) in [6.45, 7) is 5.05. The second-order valence-electron chi connectivity index (χ2n) is 7.30. The van der Waals surface area contributed by atoms with Crippen LogP contribution < -0.4 is 10.3 Å². The molecule has 5 rings (SSSR count). The number of fused-ring (bicyclic) bond motifs is 2. The van der Waals surface area contributed by atoms with Crippen LogP contribution in [0.5, 0.6) is 0 Å². The van der Waals surface area contributed by atoms with Gasteiger partial charge in [-0.25, -0.2) is 14.4 Å². The number of anilines is 2. The zero-order valence-corrected chi connectivity index (χ0v) is 16.7. The van der Waals surface area contributed by atoms with Crippen LogP contribution in [-0.4, -0.2) is 35.5 Å². The molecule has 8 heteroatoms. The van der Waals surface area contributed by atoms with Crippen LogP contribution in [0.3, 0.4) is 0 Å². The normalized spacial score (nSPS) is 20.4. The smallest absolute Gasteiger partial charge is 0.260 e. The highest BCUT2D eigenvalue weighted by Crippen LogP contribution is 2.44. The highest BCUT2D eigenvalue weighted by Gasteiger charge is 2.35. The molecule has 6 nitrogen and oxygen atoms in total. The molecule has 3 aliphatic heterocycles. The molecule has 0 saturated carbocycles. The Kier molecular flexibility index (Phi) is 4.44. The Labute approximate surface area is 172 Å². The molecule has 1 amide bonds. The summed E-state index contributed by atoms with van der Waals surface area (Å²) in [5.41, 5.74) is 2.85. The molecule has 1 saturated heterocycles. The molecule has 0 spiro atoms. The molecule has 3 aliphatic rings. The number of nitrogens with zero attached hydrogens (tertiary/aromatic N) is 3. The molecule has 150 valence electrons. The first-order valence-electron chi connectivity index (χ1n) is 9.77. The lowest BCUT2D eigenvalue weighted by atomic mass is 10.0. The lowest BCUT2D eigenvalue weighted by molar-refractivity contribution is -0.110. The van der Waals surface area contributed by atoms with Gasteiger partial charge in [0.15, 0.2) is 5.82 Å². The average Bonchev–Trinajstić information content (AvgIpc) is 3.43. The van der Waals surface area contributed by atoms with Crippen molar-refractivity contribution in [3.05, 3.63) is 51.9 Å². The molecule has 1 aromatic carbocycles. The Morgan fingerprint density at radius 1 is 1.31 bits per heavy atom. The zero-order valence-electron chi connectivity index (χ0n) is 16.0. The van der Waals surface area contributed by atoms with E-state index in [2.05, 4.69) is 27.2 Å². The van der Waals surface area contributed by atoms with Crippen LogP contribution in [0.2, 0.25) is 5.02 Å². The summed E-state index contributed by atoms with van der Waals surface area (Å²) in [7, 11) is 0. The van der Waals surface area contributed by atoms with E-state index < -0.39 is 5.82 Å². The van der Waals surface area contributed by atoms with Gasteiger partial charge >= 0.3 is 0 Å². The fourth-order valence-corrected chi connectivity index (χ4v) is 4.55. The molecule has 0 atom stereocenters. The van der Waals surface area contributed by atoms with Gasteiger partial charge in [-0.15, -0.1) is 0 Å². The van der Waals surface area contributed by atoms with Crippen molar-refractivity contribution >= 4 is 40.3 Å². The van der Waals surface area contributed by atoms with Crippen molar-refractivity contribution < 1.29 is 13.9 Å². The monoisotopic (exact) mass is 414 g/mol. The quantitative estimate of drug-likeness (QED) is 0.767. The number of amides is 1. The standard InChI is InChI=1S/C21H20ClFN4O2/c1-2-27(26-7-3-4-8-26)20-18(22)15-11-29-19(14(15)10-24-20)17-13-9-12(23)5-6-16(13)25-21(17)28/h5-6,9-10H,2-4,7-8,11H2,1H3,(H,25,28). The number of rotatable bonds is 3. The van der Waals surface area contributed by atoms with Crippen LogP contribution >= 0.6 is 11.6 Å². The van der Waals surface area contributed by atoms with Gasteiger partial charge in [0.2, 0.25) is 0 Å². The third kappa shape index (κ3) is 2.88. The second kappa shape index (κ2) is 7.00. The van der Waals surface area contributed by atoms with E-state index in [-0.39, 0.29) is 12.5 Å². The van der Waals surface area contributed by atoms with Gasteiger partial charge in [-0.3, -0.25) is 9.80 Å². The van der Waals surface area contributed by atoms with E-state index in [1.165, 1.54) is 12.1 Å². The topological polar surface area (TPSA) is 57.7 Å². The van der Waals surface area contributed by atoms with E-state index in [1.54, 1.807) is 12.3 Å². The Hall–Kier alpha value is -2.64. The minimum atomic E-state index is -0.410. The van der Waals surface area contributed by atoms with Gasteiger partial charge < -0.3 is 10.1 Å². The zero-order chi connectivity index (χ0) is 20.1. The minimum absolute atomic E-state index is 0.248. The Bertz CT molecular complexity index is 1050. The number of carbonyl (C=O) groups is 1. The summed E-state index contributed by atoms with van der Waals surface area (Å²) in [5, 5.41) is 7.66.